The molecule has 106 valence electrons. The van der Waals surface area contributed by atoms with Crippen LogP contribution in [-0.4, -0.2) is 10.1 Å². The number of anilines is 2. The second-order valence-electron chi connectivity index (χ2n) is 5.92. The zero-order valence-electron chi connectivity index (χ0n) is 12.1. The Bertz CT molecular complexity index is 586. The average molecular weight is 271 g/mol. The molecule has 0 aliphatic heterocycles. The molecule has 2 rings (SSSR count). The van der Waals surface area contributed by atoms with Gasteiger partial charge in [-0.2, -0.15) is 0 Å². The van der Waals surface area contributed by atoms with E-state index in [0.717, 1.165) is 11.4 Å². The van der Waals surface area contributed by atoms with Gasteiger partial charge in [0.25, 0.3) is 0 Å². The van der Waals surface area contributed by atoms with E-state index in [0.29, 0.717) is 12.2 Å². The van der Waals surface area contributed by atoms with E-state index in [2.05, 4.69) is 37.1 Å². The van der Waals surface area contributed by atoms with Gasteiger partial charge >= 0.3 is 0 Å². The smallest absolute Gasteiger partial charge is 0.126 e. The molecule has 0 aliphatic carbocycles. The molecule has 20 heavy (non-hydrogen) atoms. The molecule has 4 nitrogen and oxygen atoms in total. The van der Waals surface area contributed by atoms with Crippen molar-refractivity contribution in [3.8, 4) is 5.75 Å². The number of phenols is 1. The summed E-state index contributed by atoms with van der Waals surface area (Å²) in [4.78, 5) is 4.39. The number of pyridine rings is 1. The van der Waals surface area contributed by atoms with Crippen LogP contribution in [0.1, 0.15) is 31.9 Å². The number of hydrogen-bond acceptors (Lipinski definition) is 4. The van der Waals surface area contributed by atoms with Gasteiger partial charge in [0, 0.05) is 24.0 Å². The van der Waals surface area contributed by atoms with Gasteiger partial charge in [-0.1, -0.05) is 26.8 Å². The van der Waals surface area contributed by atoms with Crippen molar-refractivity contribution in [2.24, 2.45) is 0 Å². The van der Waals surface area contributed by atoms with Crippen LogP contribution in [0.15, 0.2) is 36.5 Å². The number of aromatic nitrogens is 1. The largest absolute Gasteiger partial charge is 0.508 e. The van der Waals surface area contributed by atoms with E-state index in [1.807, 2.05) is 12.3 Å². The first-order valence-electron chi connectivity index (χ1n) is 6.64. The van der Waals surface area contributed by atoms with E-state index >= 15 is 0 Å². The number of benzene rings is 1. The van der Waals surface area contributed by atoms with E-state index in [-0.39, 0.29) is 11.2 Å². The Labute approximate surface area is 119 Å². The van der Waals surface area contributed by atoms with Crippen LogP contribution in [0.2, 0.25) is 0 Å². The number of nitrogens with zero attached hydrogens (tertiary/aromatic N) is 1. The highest BCUT2D eigenvalue weighted by molar-refractivity contribution is 5.49. The molecule has 0 amide bonds. The third kappa shape index (κ3) is 3.41. The van der Waals surface area contributed by atoms with Gasteiger partial charge in [-0.3, -0.25) is 0 Å². The second kappa shape index (κ2) is 5.41. The fourth-order valence-electron chi connectivity index (χ4n) is 1.87. The van der Waals surface area contributed by atoms with Crippen molar-refractivity contribution in [3.05, 3.63) is 47.7 Å². The SMILES string of the molecule is CC(C)(C)c1ccc(NCc2cc(N)ccc2O)nc1. The van der Waals surface area contributed by atoms with Crippen molar-refractivity contribution in [1.29, 1.82) is 0 Å². The number of nitrogen functional groups attached to an aromatic ring is 1. The molecule has 0 atom stereocenters. The lowest BCUT2D eigenvalue weighted by molar-refractivity contribution is 0.469. The van der Waals surface area contributed by atoms with Crippen LogP contribution in [0.5, 0.6) is 5.75 Å². The van der Waals surface area contributed by atoms with E-state index in [1.54, 1.807) is 18.2 Å². The molecule has 0 spiro atoms. The number of nitrogens with two attached hydrogens (primary N) is 1. The summed E-state index contributed by atoms with van der Waals surface area (Å²) >= 11 is 0. The fraction of sp³-hybridized carbons (Fsp3) is 0.312. The molecule has 2 aromatic rings. The summed E-state index contributed by atoms with van der Waals surface area (Å²) < 4.78 is 0. The number of rotatable bonds is 3. The number of nitrogens with one attached hydrogen (secondary N) is 1. The summed E-state index contributed by atoms with van der Waals surface area (Å²) in [5.74, 6) is 1.01. The van der Waals surface area contributed by atoms with Crippen LogP contribution in [-0.2, 0) is 12.0 Å². The Balaban J connectivity index is 2.06. The zero-order chi connectivity index (χ0) is 14.8. The Morgan fingerprint density at radius 2 is 1.95 bits per heavy atom. The van der Waals surface area contributed by atoms with Crippen molar-refractivity contribution in [3.63, 3.8) is 0 Å². The standard InChI is InChI=1S/C16H21N3O/c1-16(2,3)12-4-7-15(19-10-12)18-9-11-8-13(17)5-6-14(11)20/h4-8,10,20H,9,17H2,1-3H3,(H,18,19). The molecule has 0 aliphatic rings. The molecular weight excluding hydrogens is 250 g/mol. The molecule has 4 heteroatoms. The summed E-state index contributed by atoms with van der Waals surface area (Å²) in [7, 11) is 0. The van der Waals surface area contributed by atoms with Crippen molar-refractivity contribution in [1.82, 2.24) is 4.98 Å². The van der Waals surface area contributed by atoms with E-state index in [1.165, 1.54) is 5.56 Å². The lowest BCUT2D eigenvalue weighted by Crippen LogP contribution is -2.11. The van der Waals surface area contributed by atoms with Crippen LogP contribution < -0.4 is 11.1 Å². The van der Waals surface area contributed by atoms with E-state index in [4.69, 9.17) is 5.73 Å². The van der Waals surface area contributed by atoms with Gasteiger partial charge in [0.2, 0.25) is 0 Å². The molecule has 1 heterocycles. The Kier molecular flexibility index (Phi) is 3.84. The molecule has 0 unspecified atom stereocenters. The predicted octanol–water partition coefficient (Wildman–Crippen LogP) is 3.28. The van der Waals surface area contributed by atoms with Gasteiger partial charge in [0.1, 0.15) is 11.6 Å². The van der Waals surface area contributed by atoms with Gasteiger partial charge in [-0.05, 0) is 35.2 Å². The summed E-state index contributed by atoms with van der Waals surface area (Å²) in [5.41, 5.74) is 8.39. The number of hydrogen-bond donors (Lipinski definition) is 3. The van der Waals surface area contributed by atoms with Crippen LogP contribution in [0.3, 0.4) is 0 Å². The molecule has 0 bridgehead atoms. The van der Waals surface area contributed by atoms with Crippen molar-refractivity contribution in [2.45, 2.75) is 32.7 Å². The Morgan fingerprint density at radius 3 is 2.55 bits per heavy atom. The average Bonchev–Trinajstić information content (AvgIpc) is 2.39. The third-order valence-corrected chi connectivity index (χ3v) is 3.19. The first-order chi connectivity index (χ1) is 9.36. The van der Waals surface area contributed by atoms with Gasteiger partial charge in [-0.15, -0.1) is 0 Å². The maximum Gasteiger partial charge on any atom is 0.126 e. The van der Waals surface area contributed by atoms with Gasteiger partial charge < -0.3 is 16.2 Å². The third-order valence-electron chi connectivity index (χ3n) is 3.19. The first-order valence-corrected chi connectivity index (χ1v) is 6.64. The molecule has 0 saturated heterocycles. The van der Waals surface area contributed by atoms with E-state index < -0.39 is 0 Å². The summed E-state index contributed by atoms with van der Waals surface area (Å²) in [6.07, 6.45) is 1.88. The molecule has 4 N–H and O–H groups in total. The minimum atomic E-state index is 0.0949. The minimum absolute atomic E-state index is 0.0949. The second-order valence-corrected chi connectivity index (χ2v) is 5.92. The number of aromatic hydroxyl groups is 1. The topological polar surface area (TPSA) is 71.2 Å². The van der Waals surface area contributed by atoms with Crippen molar-refractivity contribution in [2.75, 3.05) is 11.1 Å². The Hall–Kier alpha value is -2.23. The summed E-state index contributed by atoms with van der Waals surface area (Å²) in [5, 5.41) is 12.9. The normalized spacial score (nSPS) is 11.3. The highest BCUT2D eigenvalue weighted by Gasteiger charge is 2.13. The highest BCUT2D eigenvalue weighted by Crippen LogP contribution is 2.23. The van der Waals surface area contributed by atoms with Crippen LogP contribution >= 0.6 is 0 Å². The predicted molar refractivity (Wildman–Crippen MR) is 82.8 cm³/mol. The first kappa shape index (κ1) is 14.2. The monoisotopic (exact) mass is 271 g/mol. The summed E-state index contributed by atoms with van der Waals surface area (Å²) in [6, 6.07) is 9.04. The molecule has 1 aromatic carbocycles. The van der Waals surface area contributed by atoms with Gasteiger partial charge in [0.15, 0.2) is 0 Å². The molecule has 0 radical (unpaired) electrons. The maximum absolute atomic E-state index is 9.75. The lowest BCUT2D eigenvalue weighted by atomic mass is 9.88. The van der Waals surface area contributed by atoms with E-state index in [9.17, 15) is 5.11 Å². The van der Waals surface area contributed by atoms with Gasteiger partial charge in [0.05, 0.1) is 0 Å². The van der Waals surface area contributed by atoms with Gasteiger partial charge in [-0.25, -0.2) is 4.98 Å². The molecule has 0 fully saturated rings. The maximum atomic E-state index is 9.75. The van der Waals surface area contributed by atoms with Crippen LogP contribution in [0, 0.1) is 0 Å². The summed E-state index contributed by atoms with van der Waals surface area (Å²) in [6.45, 7) is 6.95. The number of phenolic OH excluding ortho intramolecular Hbond substituents is 1. The molecular formula is C16H21N3O. The highest BCUT2D eigenvalue weighted by atomic mass is 16.3. The zero-order valence-corrected chi connectivity index (χ0v) is 12.1. The molecule has 1 aromatic heterocycles. The van der Waals surface area contributed by atoms with Crippen LogP contribution in [0.4, 0.5) is 11.5 Å². The fourth-order valence-corrected chi connectivity index (χ4v) is 1.87. The molecule has 0 saturated carbocycles. The van der Waals surface area contributed by atoms with Crippen molar-refractivity contribution < 1.29 is 5.11 Å². The van der Waals surface area contributed by atoms with Crippen LogP contribution in [0.25, 0.3) is 0 Å². The lowest BCUT2D eigenvalue weighted by Gasteiger charge is -2.18. The Morgan fingerprint density at radius 1 is 1.20 bits per heavy atom. The quantitative estimate of drug-likeness (QED) is 0.592. The minimum Gasteiger partial charge on any atom is -0.508 e. The van der Waals surface area contributed by atoms with Crippen molar-refractivity contribution >= 4 is 11.5 Å².